The van der Waals surface area contributed by atoms with E-state index in [0.29, 0.717) is 19.4 Å². The van der Waals surface area contributed by atoms with Crippen LogP contribution in [0.4, 0.5) is 0 Å². The van der Waals surface area contributed by atoms with Crippen LogP contribution in [0.25, 0.3) is 0 Å². The minimum atomic E-state index is -0.854. The van der Waals surface area contributed by atoms with E-state index in [1.807, 2.05) is 30.3 Å². The minimum absolute atomic E-state index is 0.224. The highest BCUT2D eigenvalue weighted by molar-refractivity contribution is 5.81. The molecule has 0 aliphatic carbocycles. The lowest BCUT2D eigenvalue weighted by Crippen LogP contribution is -2.41. The molecule has 0 aliphatic rings. The lowest BCUT2D eigenvalue weighted by atomic mass is 10.0. The second-order valence-corrected chi connectivity index (χ2v) is 4.95. The Kier molecular flexibility index (Phi) is 6.73. The Balaban J connectivity index is 2.24. The molecule has 1 amide bonds. The summed E-state index contributed by atoms with van der Waals surface area (Å²) in [6.07, 6.45) is 1.73. The largest absolute Gasteiger partial charge is 0.481 e. The van der Waals surface area contributed by atoms with Crippen molar-refractivity contribution in [3.63, 3.8) is 0 Å². The van der Waals surface area contributed by atoms with E-state index in [1.165, 1.54) is 0 Å². The topological polar surface area (TPSA) is 92.4 Å². The number of nitrogens with two attached hydrogens (primary N) is 1. The molecule has 1 unspecified atom stereocenters. The van der Waals surface area contributed by atoms with Crippen LogP contribution in [0.2, 0.25) is 0 Å². The van der Waals surface area contributed by atoms with Crippen LogP contribution in [-0.2, 0) is 16.0 Å². The van der Waals surface area contributed by atoms with Gasteiger partial charge in [-0.15, -0.1) is 0 Å². The SMILES string of the molecule is CC(CCNC(=O)[C@@H](N)CCc1ccccc1)C(=O)O. The molecule has 0 bridgehead atoms. The van der Waals surface area contributed by atoms with Crippen LogP contribution in [0, 0.1) is 5.92 Å². The fraction of sp³-hybridized carbons (Fsp3) is 0.467. The van der Waals surface area contributed by atoms with Crippen molar-refractivity contribution in [2.45, 2.75) is 32.2 Å². The van der Waals surface area contributed by atoms with Crippen LogP contribution in [-0.4, -0.2) is 29.6 Å². The maximum atomic E-state index is 11.7. The number of aliphatic carboxylic acids is 1. The summed E-state index contributed by atoms with van der Waals surface area (Å²) in [7, 11) is 0. The number of nitrogens with one attached hydrogen (secondary N) is 1. The normalized spacial score (nSPS) is 13.5. The van der Waals surface area contributed by atoms with Gasteiger partial charge in [-0.3, -0.25) is 9.59 Å². The molecule has 1 aromatic rings. The molecule has 5 nitrogen and oxygen atoms in total. The van der Waals surface area contributed by atoms with Gasteiger partial charge < -0.3 is 16.2 Å². The number of carboxylic acid groups (broad SMARTS) is 1. The number of aryl methyl sites for hydroxylation is 1. The van der Waals surface area contributed by atoms with Gasteiger partial charge >= 0.3 is 5.97 Å². The van der Waals surface area contributed by atoms with Gasteiger partial charge in [-0.1, -0.05) is 37.3 Å². The molecular weight excluding hydrogens is 256 g/mol. The number of hydrogen-bond acceptors (Lipinski definition) is 3. The predicted molar refractivity (Wildman–Crippen MR) is 77.2 cm³/mol. The van der Waals surface area contributed by atoms with Crippen LogP contribution >= 0.6 is 0 Å². The average molecular weight is 278 g/mol. The Morgan fingerprint density at radius 1 is 1.25 bits per heavy atom. The van der Waals surface area contributed by atoms with Gasteiger partial charge in [0.05, 0.1) is 12.0 Å². The van der Waals surface area contributed by atoms with Gasteiger partial charge in [0, 0.05) is 6.54 Å². The molecule has 20 heavy (non-hydrogen) atoms. The first-order valence-electron chi connectivity index (χ1n) is 6.80. The maximum absolute atomic E-state index is 11.7. The molecule has 0 radical (unpaired) electrons. The molecule has 4 N–H and O–H groups in total. The number of carboxylic acids is 1. The summed E-state index contributed by atoms with van der Waals surface area (Å²) in [6.45, 7) is 1.95. The Bertz CT molecular complexity index is 434. The summed E-state index contributed by atoms with van der Waals surface area (Å²) < 4.78 is 0. The molecule has 5 heteroatoms. The lowest BCUT2D eigenvalue weighted by molar-refractivity contribution is -0.141. The second-order valence-electron chi connectivity index (χ2n) is 4.95. The first kappa shape index (κ1) is 16.2. The number of hydrogen-bond donors (Lipinski definition) is 3. The number of carbonyl (C=O) groups excluding carboxylic acids is 1. The van der Waals surface area contributed by atoms with Crippen molar-refractivity contribution < 1.29 is 14.7 Å². The van der Waals surface area contributed by atoms with E-state index in [2.05, 4.69) is 5.32 Å². The van der Waals surface area contributed by atoms with Crippen molar-refractivity contribution in [3.05, 3.63) is 35.9 Å². The average Bonchev–Trinajstić information content (AvgIpc) is 2.45. The monoisotopic (exact) mass is 278 g/mol. The van der Waals surface area contributed by atoms with E-state index in [-0.39, 0.29) is 5.91 Å². The van der Waals surface area contributed by atoms with Gasteiger partial charge in [0.2, 0.25) is 5.91 Å². The van der Waals surface area contributed by atoms with E-state index < -0.39 is 17.9 Å². The van der Waals surface area contributed by atoms with Crippen molar-refractivity contribution in [2.75, 3.05) is 6.54 Å². The number of rotatable bonds is 8. The van der Waals surface area contributed by atoms with Crippen molar-refractivity contribution in [3.8, 4) is 0 Å². The zero-order chi connectivity index (χ0) is 15.0. The first-order chi connectivity index (χ1) is 9.50. The minimum Gasteiger partial charge on any atom is -0.481 e. The summed E-state index contributed by atoms with van der Waals surface area (Å²) in [6, 6.07) is 9.29. The molecule has 2 atom stereocenters. The second kappa shape index (κ2) is 8.32. The zero-order valence-electron chi connectivity index (χ0n) is 11.7. The lowest BCUT2D eigenvalue weighted by Gasteiger charge is -2.13. The standard InChI is InChI=1S/C15H22N2O3/c1-11(15(19)20)9-10-17-14(18)13(16)8-7-12-5-3-2-4-6-12/h2-6,11,13H,7-10,16H2,1H3,(H,17,18)(H,19,20)/t11?,13-/m0/s1. The van der Waals surface area contributed by atoms with Gasteiger partial charge in [-0.2, -0.15) is 0 Å². The van der Waals surface area contributed by atoms with Crippen LogP contribution in [0.15, 0.2) is 30.3 Å². The summed E-state index contributed by atoms with van der Waals surface area (Å²) >= 11 is 0. The quantitative estimate of drug-likeness (QED) is 0.665. The van der Waals surface area contributed by atoms with Gasteiger partial charge in [-0.25, -0.2) is 0 Å². The zero-order valence-corrected chi connectivity index (χ0v) is 11.7. The van der Waals surface area contributed by atoms with Gasteiger partial charge in [0.25, 0.3) is 0 Å². The molecule has 0 saturated heterocycles. The Labute approximate surface area is 119 Å². The molecule has 0 aromatic heterocycles. The molecule has 1 aromatic carbocycles. The van der Waals surface area contributed by atoms with Crippen LogP contribution in [0.1, 0.15) is 25.3 Å². The molecule has 110 valence electrons. The fourth-order valence-electron chi connectivity index (χ4n) is 1.76. The molecule has 0 heterocycles. The number of amides is 1. The molecule has 0 fully saturated rings. The highest BCUT2D eigenvalue weighted by atomic mass is 16.4. The van der Waals surface area contributed by atoms with Crippen molar-refractivity contribution >= 4 is 11.9 Å². The summed E-state index contributed by atoms with van der Waals surface area (Å²) in [4.78, 5) is 22.4. The van der Waals surface area contributed by atoms with E-state index >= 15 is 0 Å². The van der Waals surface area contributed by atoms with Crippen LogP contribution in [0.3, 0.4) is 0 Å². The first-order valence-corrected chi connectivity index (χ1v) is 6.80. The highest BCUT2D eigenvalue weighted by Gasteiger charge is 2.15. The van der Waals surface area contributed by atoms with Gasteiger partial charge in [0.15, 0.2) is 0 Å². The fourth-order valence-corrected chi connectivity index (χ4v) is 1.76. The van der Waals surface area contributed by atoms with E-state index in [4.69, 9.17) is 10.8 Å². The van der Waals surface area contributed by atoms with Gasteiger partial charge in [-0.05, 0) is 24.8 Å². The van der Waals surface area contributed by atoms with Crippen molar-refractivity contribution in [2.24, 2.45) is 11.7 Å². The third-order valence-corrected chi connectivity index (χ3v) is 3.22. The van der Waals surface area contributed by atoms with E-state index in [9.17, 15) is 9.59 Å². The van der Waals surface area contributed by atoms with E-state index in [0.717, 1.165) is 12.0 Å². The van der Waals surface area contributed by atoms with Crippen LogP contribution < -0.4 is 11.1 Å². The van der Waals surface area contributed by atoms with Gasteiger partial charge in [0.1, 0.15) is 0 Å². The maximum Gasteiger partial charge on any atom is 0.306 e. The molecular formula is C15H22N2O3. The summed E-state index contributed by atoms with van der Waals surface area (Å²) in [5, 5.41) is 11.4. The van der Waals surface area contributed by atoms with Crippen molar-refractivity contribution in [1.29, 1.82) is 0 Å². The smallest absolute Gasteiger partial charge is 0.306 e. The molecule has 0 saturated carbocycles. The molecule has 0 aliphatic heterocycles. The number of carbonyl (C=O) groups is 2. The Morgan fingerprint density at radius 2 is 1.90 bits per heavy atom. The third-order valence-electron chi connectivity index (χ3n) is 3.22. The predicted octanol–water partition coefficient (Wildman–Crippen LogP) is 1.17. The van der Waals surface area contributed by atoms with Crippen molar-refractivity contribution in [1.82, 2.24) is 5.32 Å². The third kappa shape index (κ3) is 5.84. The summed E-state index contributed by atoms with van der Waals surface area (Å²) in [5.41, 5.74) is 6.96. The van der Waals surface area contributed by atoms with E-state index in [1.54, 1.807) is 6.92 Å². The molecule has 0 spiro atoms. The summed E-state index contributed by atoms with van der Waals surface area (Å²) in [5.74, 6) is -1.54. The Hall–Kier alpha value is -1.88. The highest BCUT2D eigenvalue weighted by Crippen LogP contribution is 2.04. The molecule has 1 rings (SSSR count). The Morgan fingerprint density at radius 3 is 2.50 bits per heavy atom. The van der Waals surface area contributed by atoms with Crippen LogP contribution in [0.5, 0.6) is 0 Å². The number of benzene rings is 1.